The molecule has 0 saturated carbocycles. The highest BCUT2D eigenvalue weighted by Gasteiger charge is 2.27. The van der Waals surface area contributed by atoms with Gasteiger partial charge in [0.2, 0.25) is 5.91 Å². The first-order valence-corrected chi connectivity index (χ1v) is 8.53. The van der Waals surface area contributed by atoms with Crippen LogP contribution in [0.1, 0.15) is 12.5 Å². The van der Waals surface area contributed by atoms with Crippen molar-refractivity contribution in [3.05, 3.63) is 54.1 Å². The van der Waals surface area contributed by atoms with Gasteiger partial charge in [-0.2, -0.15) is 0 Å². The second-order valence-corrected chi connectivity index (χ2v) is 6.15. The zero-order valence-electron chi connectivity index (χ0n) is 14.6. The third-order valence-electron chi connectivity index (χ3n) is 4.44. The second kappa shape index (κ2) is 8.14. The van der Waals surface area contributed by atoms with Crippen molar-refractivity contribution >= 4 is 5.91 Å². The van der Waals surface area contributed by atoms with Crippen LogP contribution in [0.3, 0.4) is 0 Å². The molecule has 2 N–H and O–H groups in total. The predicted molar refractivity (Wildman–Crippen MR) is 97.5 cm³/mol. The molecule has 0 bridgehead atoms. The summed E-state index contributed by atoms with van der Waals surface area (Å²) in [6, 6.07) is 15.9. The lowest BCUT2D eigenvalue weighted by atomic mass is 10.0. The lowest BCUT2D eigenvalue weighted by Crippen LogP contribution is -2.55. The molecule has 1 heterocycles. The Kier molecular flexibility index (Phi) is 5.68. The van der Waals surface area contributed by atoms with E-state index >= 15 is 0 Å². The fourth-order valence-corrected chi connectivity index (χ4v) is 2.92. The summed E-state index contributed by atoms with van der Waals surface area (Å²) in [6.07, 6.45) is -0.105. The highest BCUT2D eigenvalue weighted by Crippen LogP contribution is 2.22. The fourth-order valence-electron chi connectivity index (χ4n) is 2.92. The zero-order valence-corrected chi connectivity index (χ0v) is 14.6. The molecule has 25 heavy (non-hydrogen) atoms. The third-order valence-corrected chi connectivity index (χ3v) is 4.44. The van der Waals surface area contributed by atoms with Crippen LogP contribution in [0.5, 0.6) is 5.75 Å². The van der Waals surface area contributed by atoms with Gasteiger partial charge in [-0.3, -0.25) is 4.79 Å². The average molecular weight is 340 g/mol. The molecule has 5 nitrogen and oxygen atoms in total. The van der Waals surface area contributed by atoms with Gasteiger partial charge in [0, 0.05) is 13.1 Å². The molecule has 5 heteroatoms. The van der Waals surface area contributed by atoms with Crippen LogP contribution in [0.15, 0.2) is 48.5 Å². The van der Waals surface area contributed by atoms with Crippen LogP contribution in [0.25, 0.3) is 11.1 Å². The van der Waals surface area contributed by atoms with Crippen molar-refractivity contribution in [1.29, 1.82) is 0 Å². The molecule has 2 aromatic carbocycles. The molecule has 0 aliphatic carbocycles. The number of methoxy groups -OCH3 is 1. The van der Waals surface area contributed by atoms with Crippen molar-refractivity contribution < 1.29 is 14.3 Å². The first-order chi connectivity index (χ1) is 12.2. The maximum atomic E-state index is 12.3. The summed E-state index contributed by atoms with van der Waals surface area (Å²) in [5, 5.41) is 6.17. The summed E-state index contributed by atoms with van der Waals surface area (Å²) in [5.74, 6) is 0.823. The number of benzene rings is 2. The number of carbonyl (C=O) groups is 1. The second-order valence-electron chi connectivity index (χ2n) is 6.15. The summed E-state index contributed by atoms with van der Waals surface area (Å²) in [7, 11) is 1.66. The van der Waals surface area contributed by atoms with E-state index in [9.17, 15) is 4.79 Å². The van der Waals surface area contributed by atoms with Crippen molar-refractivity contribution in [1.82, 2.24) is 10.6 Å². The standard InChI is InChI=1S/C20H24N2O3/c1-14-19(21-11-12-25-14)20(23)22-13-15-3-5-16(6-4-15)17-7-9-18(24-2)10-8-17/h3-10,14,19,21H,11-13H2,1-2H3,(H,22,23)/t14-,19+/m1/s1. The fraction of sp³-hybridized carbons (Fsp3) is 0.350. The number of hydrogen-bond donors (Lipinski definition) is 2. The zero-order chi connectivity index (χ0) is 17.6. The maximum Gasteiger partial charge on any atom is 0.240 e. The molecule has 0 radical (unpaired) electrons. The van der Waals surface area contributed by atoms with Gasteiger partial charge in [-0.05, 0) is 35.7 Å². The average Bonchev–Trinajstić information content (AvgIpc) is 2.67. The first-order valence-electron chi connectivity index (χ1n) is 8.53. The van der Waals surface area contributed by atoms with Gasteiger partial charge < -0.3 is 20.1 Å². The molecule has 3 rings (SSSR count). The van der Waals surface area contributed by atoms with E-state index in [-0.39, 0.29) is 18.1 Å². The van der Waals surface area contributed by atoms with Crippen LogP contribution in [0.2, 0.25) is 0 Å². The van der Waals surface area contributed by atoms with Crippen LogP contribution in [0.4, 0.5) is 0 Å². The molecule has 0 spiro atoms. The van der Waals surface area contributed by atoms with Crippen LogP contribution in [-0.2, 0) is 16.1 Å². The molecule has 1 fully saturated rings. The van der Waals surface area contributed by atoms with E-state index in [0.717, 1.165) is 22.4 Å². The molecule has 0 aromatic heterocycles. The summed E-state index contributed by atoms with van der Waals surface area (Å²) in [6.45, 7) is 3.78. The van der Waals surface area contributed by atoms with E-state index in [4.69, 9.17) is 9.47 Å². The molecule has 0 unspecified atom stereocenters. The van der Waals surface area contributed by atoms with Gasteiger partial charge in [-0.1, -0.05) is 36.4 Å². The van der Waals surface area contributed by atoms with Crippen LogP contribution < -0.4 is 15.4 Å². The molecule has 2 atom stereocenters. The Morgan fingerprint density at radius 1 is 1.16 bits per heavy atom. The first kappa shape index (κ1) is 17.5. The Balaban J connectivity index is 1.57. The number of carbonyl (C=O) groups excluding carboxylic acids is 1. The Labute approximate surface area is 148 Å². The van der Waals surface area contributed by atoms with Crippen LogP contribution in [0, 0.1) is 0 Å². The Morgan fingerprint density at radius 3 is 2.40 bits per heavy atom. The smallest absolute Gasteiger partial charge is 0.240 e. The normalized spacial score (nSPS) is 20.1. The van der Waals surface area contributed by atoms with Gasteiger partial charge in [0.05, 0.1) is 19.8 Å². The van der Waals surface area contributed by atoms with Crippen LogP contribution >= 0.6 is 0 Å². The number of morpholine rings is 1. The molecule has 1 aliphatic heterocycles. The SMILES string of the molecule is COc1ccc(-c2ccc(CNC(=O)[C@H]3NCCO[C@@H]3C)cc2)cc1. The summed E-state index contributed by atoms with van der Waals surface area (Å²) in [4.78, 5) is 12.3. The Hall–Kier alpha value is -2.37. The minimum atomic E-state index is -0.285. The van der Waals surface area contributed by atoms with E-state index < -0.39 is 0 Å². The highest BCUT2D eigenvalue weighted by atomic mass is 16.5. The van der Waals surface area contributed by atoms with Gasteiger partial charge >= 0.3 is 0 Å². The predicted octanol–water partition coefficient (Wildman–Crippen LogP) is 2.36. The minimum Gasteiger partial charge on any atom is -0.497 e. The Morgan fingerprint density at radius 2 is 1.80 bits per heavy atom. The van der Waals surface area contributed by atoms with Gasteiger partial charge in [0.25, 0.3) is 0 Å². The number of ether oxygens (including phenoxy) is 2. The monoisotopic (exact) mass is 340 g/mol. The minimum absolute atomic E-state index is 0.0218. The van der Waals surface area contributed by atoms with Gasteiger partial charge in [0.1, 0.15) is 11.8 Å². The largest absolute Gasteiger partial charge is 0.497 e. The summed E-state index contributed by atoms with van der Waals surface area (Å²) < 4.78 is 10.7. The van der Waals surface area contributed by atoms with Gasteiger partial charge in [-0.15, -0.1) is 0 Å². The van der Waals surface area contributed by atoms with Crippen molar-refractivity contribution in [3.63, 3.8) is 0 Å². The molecule has 1 amide bonds. The maximum absolute atomic E-state index is 12.3. The number of nitrogens with one attached hydrogen (secondary N) is 2. The van der Waals surface area contributed by atoms with E-state index in [0.29, 0.717) is 19.7 Å². The van der Waals surface area contributed by atoms with E-state index in [1.54, 1.807) is 7.11 Å². The van der Waals surface area contributed by atoms with E-state index in [1.807, 2.05) is 43.3 Å². The molecule has 2 aromatic rings. The molecular weight excluding hydrogens is 316 g/mol. The highest BCUT2D eigenvalue weighted by molar-refractivity contribution is 5.82. The number of hydrogen-bond acceptors (Lipinski definition) is 4. The third kappa shape index (κ3) is 4.38. The van der Waals surface area contributed by atoms with Gasteiger partial charge in [-0.25, -0.2) is 0 Å². The van der Waals surface area contributed by atoms with Crippen molar-refractivity contribution in [3.8, 4) is 16.9 Å². The molecular formula is C20H24N2O3. The lowest BCUT2D eigenvalue weighted by molar-refractivity contribution is -0.129. The lowest BCUT2D eigenvalue weighted by Gasteiger charge is -2.29. The van der Waals surface area contributed by atoms with Crippen molar-refractivity contribution in [2.24, 2.45) is 0 Å². The van der Waals surface area contributed by atoms with Crippen molar-refractivity contribution in [2.75, 3.05) is 20.3 Å². The summed E-state index contributed by atoms with van der Waals surface area (Å²) >= 11 is 0. The Bertz CT molecular complexity index is 698. The number of rotatable bonds is 5. The summed E-state index contributed by atoms with van der Waals surface area (Å²) in [5.41, 5.74) is 3.33. The van der Waals surface area contributed by atoms with Crippen LogP contribution in [-0.4, -0.2) is 38.3 Å². The molecule has 1 aliphatic rings. The number of amides is 1. The van der Waals surface area contributed by atoms with E-state index in [1.165, 1.54) is 0 Å². The topological polar surface area (TPSA) is 59.6 Å². The molecule has 132 valence electrons. The quantitative estimate of drug-likeness (QED) is 0.877. The molecule has 1 saturated heterocycles. The van der Waals surface area contributed by atoms with E-state index in [2.05, 4.69) is 22.8 Å². The van der Waals surface area contributed by atoms with Gasteiger partial charge in [0.15, 0.2) is 0 Å². The van der Waals surface area contributed by atoms with Crippen molar-refractivity contribution in [2.45, 2.75) is 25.6 Å².